The second kappa shape index (κ2) is 8.86. The quantitative estimate of drug-likeness (QED) is 0.336. The fourth-order valence-corrected chi connectivity index (χ4v) is 6.16. The lowest BCUT2D eigenvalue weighted by Crippen LogP contribution is -2.49. The van der Waals surface area contributed by atoms with Crippen LogP contribution >= 0.6 is 0 Å². The number of pyridine rings is 1. The molecule has 3 aliphatic heterocycles. The SMILES string of the molecule is CC[C@@]1(O)C(=O)OCC2=C1C=C1c3nc4ccc(OCc5cc6cc(C)cc(OC)c6o5)cc4cc3CN1C2C. The van der Waals surface area contributed by atoms with E-state index < -0.39 is 11.6 Å². The van der Waals surface area contributed by atoms with Crippen molar-refractivity contribution in [1.82, 2.24) is 9.88 Å². The van der Waals surface area contributed by atoms with E-state index in [0.29, 0.717) is 17.9 Å². The highest BCUT2D eigenvalue weighted by Crippen LogP contribution is 2.45. The van der Waals surface area contributed by atoms with Crippen LogP contribution in [0.15, 0.2) is 64.1 Å². The van der Waals surface area contributed by atoms with Gasteiger partial charge in [-0.1, -0.05) is 6.92 Å². The number of methoxy groups -OCH3 is 1. The molecule has 5 heterocycles. The number of aromatic nitrogens is 1. The molecule has 0 aliphatic carbocycles. The molecule has 1 unspecified atom stereocenters. The number of esters is 1. The van der Waals surface area contributed by atoms with Crippen molar-refractivity contribution < 1.29 is 28.5 Å². The summed E-state index contributed by atoms with van der Waals surface area (Å²) in [5, 5.41) is 13.2. The van der Waals surface area contributed by atoms with Crippen LogP contribution in [0, 0.1) is 6.92 Å². The van der Waals surface area contributed by atoms with E-state index in [1.54, 1.807) is 14.0 Å². The highest BCUT2D eigenvalue weighted by atomic mass is 16.6. The van der Waals surface area contributed by atoms with Gasteiger partial charge in [-0.3, -0.25) is 0 Å². The number of nitrogens with zero attached hydrogens (tertiary/aromatic N) is 2. The lowest BCUT2D eigenvalue weighted by molar-refractivity contribution is -0.163. The van der Waals surface area contributed by atoms with Gasteiger partial charge in [0.2, 0.25) is 0 Å². The van der Waals surface area contributed by atoms with Crippen molar-refractivity contribution in [2.24, 2.45) is 0 Å². The predicted molar refractivity (Wildman–Crippen MR) is 150 cm³/mol. The number of aryl methyl sites for hydroxylation is 1. The van der Waals surface area contributed by atoms with E-state index in [2.05, 4.69) is 24.0 Å². The Morgan fingerprint density at radius 3 is 2.83 bits per heavy atom. The molecule has 2 aromatic heterocycles. The van der Waals surface area contributed by atoms with Gasteiger partial charge in [-0.2, -0.15) is 0 Å². The molecule has 1 N–H and O–H groups in total. The number of rotatable bonds is 5. The molecule has 40 heavy (non-hydrogen) atoms. The second-order valence-electron chi connectivity index (χ2n) is 10.8. The Kier molecular flexibility index (Phi) is 5.47. The Morgan fingerprint density at radius 2 is 2.02 bits per heavy atom. The molecular formula is C32H30N2O6. The monoisotopic (exact) mass is 538 g/mol. The summed E-state index contributed by atoms with van der Waals surface area (Å²) in [6.45, 7) is 7.08. The van der Waals surface area contributed by atoms with Crippen LogP contribution in [-0.4, -0.2) is 46.3 Å². The van der Waals surface area contributed by atoms with Gasteiger partial charge in [0, 0.05) is 22.9 Å². The molecule has 0 spiro atoms. The van der Waals surface area contributed by atoms with Crippen molar-refractivity contribution in [3.05, 3.63) is 82.3 Å². The van der Waals surface area contributed by atoms with Gasteiger partial charge in [0.15, 0.2) is 16.9 Å². The lowest BCUT2D eigenvalue weighted by Gasteiger charge is -2.41. The molecule has 2 aromatic carbocycles. The zero-order valence-corrected chi connectivity index (χ0v) is 22.9. The third kappa shape index (κ3) is 3.63. The maximum Gasteiger partial charge on any atom is 0.343 e. The minimum Gasteiger partial charge on any atom is -0.493 e. The molecule has 0 saturated carbocycles. The van der Waals surface area contributed by atoms with Crippen LogP contribution in [0.2, 0.25) is 0 Å². The molecule has 2 atom stereocenters. The largest absolute Gasteiger partial charge is 0.493 e. The number of benzene rings is 2. The average Bonchev–Trinajstić information content (AvgIpc) is 3.53. The Hall–Kier alpha value is -4.30. The minimum absolute atomic E-state index is 0.0244. The van der Waals surface area contributed by atoms with Crippen LogP contribution in [-0.2, 0) is 22.7 Å². The highest BCUT2D eigenvalue weighted by Gasteiger charge is 2.48. The summed E-state index contributed by atoms with van der Waals surface area (Å²) in [6.07, 6.45) is 2.19. The van der Waals surface area contributed by atoms with Crippen LogP contribution < -0.4 is 9.47 Å². The zero-order chi connectivity index (χ0) is 27.8. The molecule has 3 aliphatic rings. The van der Waals surface area contributed by atoms with E-state index in [-0.39, 0.29) is 25.7 Å². The highest BCUT2D eigenvalue weighted by molar-refractivity contribution is 5.90. The van der Waals surface area contributed by atoms with Gasteiger partial charge in [0.05, 0.1) is 30.1 Å². The number of ether oxygens (including phenoxy) is 3. The molecular weight excluding hydrogens is 508 g/mol. The topological polar surface area (TPSA) is 94.3 Å². The molecule has 0 radical (unpaired) electrons. The first-order chi connectivity index (χ1) is 19.3. The van der Waals surface area contributed by atoms with Crippen LogP contribution in [0.1, 0.15) is 42.8 Å². The molecule has 0 bridgehead atoms. The van der Waals surface area contributed by atoms with Crippen molar-refractivity contribution in [3.8, 4) is 11.5 Å². The van der Waals surface area contributed by atoms with Crippen LogP contribution in [0.3, 0.4) is 0 Å². The Morgan fingerprint density at radius 1 is 1.18 bits per heavy atom. The molecule has 0 amide bonds. The van der Waals surface area contributed by atoms with E-state index in [1.807, 2.05) is 43.3 Å². The minimum atomic E-state index is -1.63. The zero-order valence-electron chi connectivity index (χ0n) is 22.9. The predicted octanol–water partition coefficient (Wildman–Crippen LogP) is 5.43. The van der Waals surface area contributed by atoms with Crippen molar-refractivity contribution in [2.45, 2.75) is 52.0 Å². The number of carbonyl (C=O) groups is 1. The van der Waals surface area contributed by atoms with E-state index in [9.17, 15) is 9.90 Å². The van der Waals surface area contributed by atoms with Gasteiger partial charge in [0.25, 0.3) is 0 Å². The maximum atomic E-state index is 12.5. The number of carbonyl (C=O) groups excluding carboxylic acids is 1. The van der Waals surface area contributed by atoms with Gasteiger partial charge in [0.1, 0.15) is 24.7 Å². The first-order valence-corrected chi connectivity index (χ1v) is 13.5. The third-order valence-corrected chi connectivity index (χ3v) is 8.39. The number of furan rings is 1. The number of hydrogen-bond donors (Lipinski definition) is 1. The summed E-state index contributed by atoms with van der Waals surface area (Å²) < 4.78 is 23.0. The van der Waals surface area contributed by atoms with Crippen molar-refractivity contribution in [3.63, 3.8) is 0 Å². The molecule has 8 heteroatoms. The Bertz CT molecular complexity index is 1780. The van der Waals surface area contributed by atoms with Crippen LogP contribution in [0.4, 0.5) is 0 Å². The molecule has 7 rings (SSSR count). The van der Waals surface area contributed by atoms with Crippen molar-refractivity contribution in [2.75, 3.05) is 13.7 Å². The summed E-state index contributed by atoms with van der Waals surface area (Å²) >= 11 is 0. The van der Waals surface area contributed by atoms with Crippen molar-refractivity contribution in [1.29, 1.82) is 0 Å². The Labute approximate surface area is 231 Å². The van der Waals surface area contributed by atoms with E-state index in [4.69, 9.17) is 23.6 Å². The first-order valence-electron chi connectivity index (χ1n) is 13.5. The normalized spacial score (nSPS) is 21.7. The van der Waals surface area contributed by atoms with E-state index >= 15 is 0 Å². The molecule has 4 aromatic rings. The lowest BCUT2D eigenvalue weighted by atomic mass is 9.80. The number of aliphatic hydroxyl groups is 1. The summed E-state index contributed by atoms with van der Waals surface area (Å²) in [6, 6.07) is 14.0. The third-order valence-electron chi connectivity index (χ3n) is 8.39. The molecule has 204 valence electrons. The number of hydrogen-bond acceptors (Lipinski definition) is 8. The summed E-state index contributed by atoms with van der Waals surface area (Å²) in [5.41, 5.74) is 5.54. The molecule has 0 fully saturated rings. The fourth-order valence-electron chi connectivity index (χ4n) is 6.16. The van der Waals surface area contributed by atoms with Crippen molar-refractivity contribution >= 4 is 33.5 Å². The van der Waals surface area contributed by atoms with Gasteiger partial charge < -0.3 is 28.6 Å². The maximum absolute atomic E-state index is 12.5. The molecule has 8 nitrogen and oxygen atoms in total. The summed E-state index contributed by atoms with van der Waals surface area (Å²) in [5.74, 6) is 1.57. The van der Waals surface area contributed by atoms with E-state index in [0.717, 1.165) is 61.5 Å². The summed E-state index contributed by atoms with van der Waals surface area (Å²) in [4.78, 5) is 19.8. The van der Waals surface area contributed by atoms with Gasteiger partial charge in [-0.25, -0.2) is 9.78 Å². The molecule has 0 saturated heterocycles. The second-order valence-corrected chi connectivity index (χ2v) is 10.8. The van der Waals surface area contributed by atoms with Gasteiger partial charge in [-0.15, -0.1) is 0 Å². The Balaban J connectivity index is 1.18. The number of cyclic esters (lactones) is 1. The fraction of sp³-hybridized carbons (Fsp3) is 0.312. The standard InChI is InChI=1S/C32H30N2O6/c1-5-32(36)25-13-27-29-21(14-34(27)18(3)24(25)16-39-31(32)35)10-19-11-22(6-7-26(19)33-29)38-15-23-12-20-8-17(2)9-28(37-4)30(20)40-23/h6-13,18,36H,5,14-16H2,1-4H3/t18?,32-/m0/s1. The summed E-state index contributed by atoms with van der Waals surface area (Å²) in [7, 11) is 1.64. The smallest absolute Gasteiger partial charge is 0.343 e. The van der Waals surface area contributed by atoms with Gasteiger partial charge >= 0.3 is 5.97 Å². The van der Waals surface area contributed by atoms with Crippen LogP contribution in [0.5, 0.6) is 11.5 Å². The number of fused-ring (bicyclic) bond motifs is 5. The van der Waals surface area contributed by atoms with E-state index in [1.165, 1.54) is 0 Å². The average molecular weight is 539 g/mol. The van der Waals surface area contributed by atoms with Gasteiger partial charge in [-0.05, 0) is 85.5 Å². The first kappa shape index (κ1) is 24.7. The van der Waals surface area contributed by atoms with Crippen LogP contribution in [0.25, 0.3) is 27.6 Å².